The van der Waals surface area contributed by atoms with Gasteiger partial charge in [-0.25, -0.2) is 0 Å². The molecule has 1 atom stereocenters. The first-order valence-electron chi connectivity index (χ1n) is 7.68. The van der Waals surface area contributed by atoms with Crippen LogP contribution in [0.2, 0.25) is 0 Å². The molecular weight excluding hydrogens is 272 g/mol. The summed E-state index contributed by atoms with van der Waals surface area (Å²) in [6.07, 6.45) is 7.59. The van der Waals surface area contributed by atoms with Crippen molar-refractivity contribution in [1.29, 1.82) is 0 Å². The monoisotopic (exact) mass is 292 g/mol. The van der Waals surface area contributed by atoms with Crippen LogP contribution in [0.25, 0.3) is 11.3 Å². The SMILES string of the molecule is CCC1C=CC(CNC(=O)c2ccc(-c3ccccc3)[nH]2)=C1. The van der Waals surface area contributed by atoms with Crippen LogP contribution in [0.3, 0.4) is 0 Å². The molecule has 1 aliphatic carbocycles. The fraction of sp³-hybridized carbons (Fsp3) is 0.211. The van der Waals surface area contributed by atoms with E-state index in [1.54, 1.807) is 0 Å². The van der Waals surface area contributed by atoms with Crippen molar-refractivity contribution >= 4 is 5.91 Å². The second kappa shape index (κ2) is 6.48. The van der Waals surface area contributed by atoms with Crippen molar-refractivity contribution in [3.05, 3.63) is 72.0 Å². The lowest BCUT2D eigenvalue weighted by Crippen LogP contribution is -2.25. The number of allylic oxidation sites excluding steroid dienone is 2. The third-order valence-corrected chi connectivity index (χ3v) is 3.93. The Hall–Kier alpha value is -2.55. The molecule has 112 valence electrons. The predicted molar refractivity (Wildman–Crippen MR) is 89.6 cm³/mol. The maximum absolute atomic E-state index is 12.2. The Morgan fingerprint density at radius 3 is 2.73 bits per heavy atom. The molecule has 0 saturated heterocycles. The summed E-state index contributed by atoms with van der Waals surface area (Å²) in [6, 6.07) is 13.8. The number of nitrogens with one attached hydrogen (secondary N) is 2. The summed E-state index contributed by atoms with van der Waals surface area (Å²) in [6.45, 7) is 2.74. The molecule has 1 amide bonds. The lowest BCUT2D eigenvalue weighted by atomic mass is 10.1. The summed E-state index contributed by atoms with van der Waals surface area (Å²) in [5.74, 6) is 0.443. The summed E-state index contributed by atoms with van der Waals surface area (Å²) >= 11 is 0. The third-order valence-electron chi connectivity index (χ3n) is 3.93. The quantitative estimate of drug-likeness (QED) is 0.861. The smallest absolute Gasteiger partial charge is 0.267 e. The van der Waals surface area contributed by atoms with Crippen molar-refractivity contribution in [1.82, 2.24) is 10.3 Å². The average Bonchev–Trinajstić information content (AvgIpc) is 3.22. The molecule has 0 spiro atoms. The number of hydrogen-bond acceptors (Lipinski definition) is 1. The molecule has 22 heavy (non-hydrogen) atoms. The Bertz CT molecular complexity index is 710. The molecule has 1 aliphatic rings. The molecule has 0 bridgehead atoms. The van der Waals surface area contributed by atoms with Crippen molar-refractivity contribution < 1.29 is 4.79 Å². The molecule has 3 rings (SSSR count). The van der Waals surface area contributed by atoms with Gasteiger partial charge in [0.1, 0.15) is 5.69 Å². The van der Waals surface area contributed by atoms with Crippen LogP contribution in [0.5, 0.6) is 0 Å². The van der Waals surface area contributed by atoms with Gasteiger partial charge < -0.3 is 10.3 Å². The number of aromatic amines is 1. The van der Waals surface area contributed by atoms with Gasteiger partial charge in [-0.15, -0.1) is 0 Å². The van der Waals surface area contributed by atoms with Crippen molar-refractivity contribution in [2.45, 2.75) is 13.3 Å². The fourth-order valence-electron chi connectivity index (χ4n) is 2.60. The van der Waals surface area contributed by atoms with Crippen molar-refractivity contribution in [2.24, 2.45) is 5.92 Å². The van der Waals surface area contributed by atoms with Gasteiger partial charge in [-0.3, -0.25) is 4.79 Å². The van der Waals surface area contributed by atoms with Gasteiger partial charge in [0.25, 0.3) is 5.91 Å². The van der Waals surface area contributed by atoms with Gasteiger partial charge in [-0.05, 0) is 35.6 Å². The molecule has 3 heteroatoms. The zero-order valence-electron chi connectivity index (χ0n) is 12.7. The normalized spacial score (nSPS) is 16.6. The van der Waals surface area contributed by atoms with Gasteiger partial charge in [-0.2, -0.15) is 0 Å². The topological polar surface area (TPSA) is 44.9 Å². The Labute approximate surface area is 130 Å². The Balaban J connectivity index is 1.62. The minimum atomic E-state index is -0.0728. The van der Waals surface area contributed by atoms with E-state index in [2.05, 4.69) is 35.5 Å². The molecule has 2 aromatic rings. The van der Waals surface area contributed by atoms with Crippen molar-refractivity contribution in [3.8, 4) is 11.3 Å². The van der Waals surface area contributed by atoms with E-state index in [9.17, 15) is 4.79 Å². The van der Waals surface area contributed by atoms with Gasteiger partial charge >= 0.3 is 0 Å². The van der Waals surface area contributed by atoms with Crippen LogP contribution >= 0.6 is 0 Å². The largest absolute Gasteiger partial charge is 0.351 e. The van der Waals surface area contributed by atoms with Crippen LogP contribution in [0, 0.1) is 5.92 Å². The Morgan fingerprint density at radius 1 is 1.18 bits per heavy atom. The first kappa shape index (κ1) is 14.4. The zero-order valence-corrected chi connectivity index (χ0v) is 12.7. The second-order valence-corrected chi connectivity index (χ2v) is 5.51. The van der Waals surface area contributed by atoms with Crippen molar-refractivity contribution in [2.75, 3.05) is 6.54 Å². The molecule has 1 unspecified atom stereocenters. The van der Waals surface area contributed by atoms with Gasteiger partial charge in [0, 0.05) is 12.2 Å². The van der Waals surface area contributed by atoms with Gasteiger partial charge in [0.2, 0.25) is 0 Å². The molecule has 1 aromatic carbocycles. The molecule has 0 fully saturated rings. The van der Waals surface area contributed by atoms with Gasteiger partial charge in [0.05, 0.1) is 0 Å². The van der Waals surface area contributed by atoms with Crippen LogP contribution in [-0.4, -0.2) is 17.4 Å². The number of rotatable bonds is 5. The minimum absolute atomic E-state index is 0.0728. The van der Waals surface area contributed by atoms with E-state index in [1.165, 1.54) is 5.57 Å². The standard InChI is InChI=1S/C19H20N2O/c1-2-14-8-9-15(12-14)13-20-19(22)18-11-10-17(21-18)16-6-4-3-5-7-16/h3-12,14,21H,2,13H2,1H3,(H,20,22). The molecule has 2 N–H and O–H groups in total. The van der Waals surface area contributed by atoms with E-state index in [-0.39, 0.29) is 5.91 Å². The highest BCUT2D eigenvalue weighted by atomic mass is 16.1. The number of amides is 1. The Kier molecular flexibility index (Phi) is 4.24. The molecule has 0 aliphatic heterocycles. The summed E-state index contributed by atoms with van der Waals surface area (Å²) in [5, 5.41) is 2.96. The minimum Gasteiger partial charge on any atom is -0.351 e. The van der Waals surface area contributed by atoms with Gasteiger partial charge in [0.15, 0.2) is 0 Å². The highest BCUT2D eigenvalue weighted by Gasteiger charge is 2.11. The van der Waals surface area contributed by atoms with Crippen LogP contribution in [0.1, 0.15) is 23.8 Å². The van der Waals surface area contributed by atoms with E-state index in [0.717, 1.165) is 17.7 Å². The number of H-pyrrole nitrogens is 1. The molecule has 1 heterocycles. The number of aromatic nitrogens is 1. The van der Waals surface area contributed by atoms with Crippen LogP contribution in [-0.2, 0) is 0 Å². The third kappa shape index (κ3) is 3.19. The highest BCUT2D eigenvalue weighted by molar-refractivity contribution is 5.93. The number of carbonyl (C=O) groups is 1. The number of hydrogen-bond donors (Lipinski definition) is 2. The predicted octanol–water partition coefficient (Wildman–Crippen LogP) is 3.93. The Morgan fingerprint density at radius 2 is 2.00 bits per heavy atom. The van der Waals surface area contributed by atoms with E-state index < -0.39 is 0 Å². The summed E-state index contributed by atoms with van der Waals surface area (Å²) < 4.78 is 0. The summed E-state index contributed by atoms with van der Waals surface area (Å²) in [7, 11) is 0. The van der Waals surface area contributed by atoms with E-state index in [4.69, 9.17) is 0 Å². The summed E-state index contributed by atoms with van der Waals surface area (Å²) in [5.41, 5.74) is 3.80. The lowest BCUT2D eigenvalue weighted by Gasteiger charge is -2.04. The maximum atomic E-state index is 12.2. The average molecular weight is 292 g/mol. The fourth-order valence-corrected chi connectivity index (χ4v) is 2.60. The van der Waals surface area contributed by atoms with E-state index in [0.29, 0.717) is 18.2 Å². The van der Waals surface area contributed by atoms with Crippen LogP contribution < -0.4 is 5.32 Å². The van der Waals surface area contributed by atoms with E-state index >= 15 is 0 Å². The second-order valence-electron chi connectivity index (χ2n) is 5.51. The maximum Gasteiger partial charge on any atom is 0.267 e. The number of carbonyl (C=O) groups excluding carboxylic acids is 1. The van der Waals surface area contributed by atoms with Crippen LogP contribution in [0.15, 0.2) is 66.3 Å². The van der Waals surface area contributed by atoms with Gasteiger partial charge in [-0.1, -0.05) is 55.5 Å². The lowest BCUT2D eigenvalue weighted by molar-refractivity contribution is 0.0953. The summed E-state index contributed by atoms with van der Waals surface area (Å²) in [4.78, 5) is 15.4. The molecule has 3 nitrogen and oxygen atoms in total. The first-order chi connectivity index (χ1) is 10.8. The molecule has 1 aromatic heterocycles. The molecule has 0 radical (unpaired) electrons. The molecule has 0 saturated carbocycles. The zero-order chi connectivity index (χ0) is 15.4. The van der Waals surface area contributed by atoms with Crippen LogP contribution in [0.4, 0.5) is 0 Å². The number of benzene rings is 1. The van der Waals surface area contributed by atoms with E-state index in [1.807, 2.05) is 42.5 Å². The van der Waals surface area contributed by atoms with Crippen molar-refractivity contribution in [3.63, 3.8) is 0 Å². The highest BCUT2D eigenvalue weighted by Crippen LogP contribution is 2.19. The first-order valence-corrected chi connectivity index (χ1v) is 7.68. The molecular formula is C19H20N2O.